The maximum atomic E-state index is 13.0. The normalized spacial score (nSPS) is 17.8. The van der Waals surface area contributed by atoms with Crippen molar-refractivity contribution in [1.29, 1.82) is 0 Å². The van der Waals surface area contributed by atoms with Crippen molar-refractivity contribution in [3.63, 3.8) is 0 Å². The highest BCUT2D eigenvalue weighted by Gasteiger charge is 2.36. The number of carbonyl (C=O) groups excluding carboxylic acids is 2. The van der Waals surface area contributed by atoms with Crippen molar-refractivity contribution < 1.29 is 23.8 Å². The number of nitrogens with one attached hydrogen (secondary N) is 1. The van der Waals surface area contributed by atoms with Crippen LogP contribution in [0.3, 0.4) is 0 Å². The molecule has 0 aromatic heterocycles. The van der Waals surface area contributed by atoms with Gasteiger partial charge in [-0.1, -0.05) is 12.1 Å². The summed E-state index contributed by atoms with van der Waals surface area (Å²) in [4.78, 5) is 27.4. The third kappa shape index (κ3) is 4.04. The monoisotopic (exact) mass is 424 g/mol. The van der Waals surface area contributed by atoms with Gasteiger partial charge in [-0.05, 0) is 42.9 Å². The fraction of sp³-hybridized carbons (Fsp3) is 0.417. The first kappa shape index (κ1) is 21.0. The molecule has 1 aliphatic heterocycles. The molecule has 2 amide bonds. The Morgan fingerprint density at radius 3 is 2.42 bits per heavy atom. The number of amides is 2. The molecule has 2 aromatic rings. The average Bonchev–Trinajstić information content (AvgIpc) is 3.20. The smallest absolute Gasteiger partial charge is 0.229 e. The third-order valence-electron chi connectivity index (χ3n) is 6.11. The van der Waals surface area contributed by atoms with Crippen molar-refractivity contribution >= 4 is 23.2 Å². The standard InChI is InChI=1S/C24H28N2O5/c1-29-20-12-17(13-21(30-2)23(20)31-3)26-14-16(11-22(26)27)24(28)25-19-10-6-8-15-7-4-5-9-18(15)19/h6,8,10,12-13,16H,4-5,7,9,11,14H2,1-3H3,(H,25,28). The lowest BCUT2D eigenvalue weighted by molar-refractivity contribution is -0.122. The number of fused-ring (bicyclic) bond motifs is 1. The molecule has 7 heteroatoms. The minimum Gasteiger partial charge on any atom is -0.493 e. The predicted octanol–water partition coefficient (Wildman–Crippen LogP) is 3.58. The lowest BCUT2D eigenvalue weighted by Gasteiger charge is -2.21. The second-order valence-electron chi connectivity index (χ2n) is 7.93. The van der Waals surface area contributed by atoms with Crippen LogP contribution in [0.15, 0.2) is 30.3 Å². The van der Waals surface area contributed by atoms with Gasteiger partial charge in [0.25, 0.3) is 0 Å². The highest BCUT2D eigenvalue weighted by Crippen LogP contribution is 2.42. The number of nitrogens with zero attached hydrogens (tertiary/aromatic N) is 1. The first-order chi connectivity index (χ1) is 15.0. The molecule has 4 rings (SSSR count). The Balaban J connectivity index is 1.53. The van der Waals surface area contributed by atoms with Crippen LogP contribution in [0, 0.1) is 5.92 Å². The van der Waals surface area contributed by atoms with Gasteiger partial charge in [0.15, 0.2) is 11.5 Å². The number of hydrogen-bond donors (Lipinski definition) is 1. The minimum atomic E-state index is -0.425. The summed E-state index contributed by atoms with van der Waals surface area (Å²) in [6.07, 6.45) is 4.52. The quantitative estimate of drug-likeness (QED) is 0.767. The molecule has 1 atom stereocenters. The maximum Gasteiger partial charge on any atom is 0.229 e. The van der Waals surface area contributed by atoms with E-state index in [1.165, 1.54) is 38.9 Å². The highest BCUT2D eigenvalue weighted by atomic mass is 16.5. The zero-order chi connectivity index (χ0) is 22.0. The second kappa shape index (κ2) is 8.88. The van der Waals surface area contributed by atoms with E-state index in [0.717, 1.165) is 24.9 Å². The van der Waals surface area contributed by atoms with Gasteiger partial charge >= 0.3 is 0 Å². The zero-order valence-electron chi connectivity index (χ0n) is 18.2. The molecule has 7 nitrogen and oxygen atoms in total. The van der Waals surface area contributed by atoms with E-state index in [4.69, 9.17) is 14.2 Å². The lowest BCUT2D eigenvalue weighted by Crippen LogP contribution is -2.28. The van der Waals surface area contributed by atoms with Crippen molar-refractivity contribution in [3.05, 3.63) is 41.5 Å². The van der Waals surface area contributed by atoms with Crippen LogP contribution >= 0.6 is 0 Å². The number of anilines is 2. The van der Waals surface area contributed by atoms with Crippen molar-refractivity contribution in [2.24, 2.45) is 5.92 Å². The van der Waals surface area contributed by atoms with Crippen LogP contribution in [-0.4, -0.2) is 39.7 Å². The lowest BCUT2D eigenvalue weighted by atomic mass is 9.90. The van der Waals surface area contributed by atoms with Crippen LogP contribution in [0.4, 0.5) is 11.4 Å². The Labute approximate surface area is 182 Å². The summed E-state index contributed by atoms with van der Waals surface area (Å²) in [7, 11) is 4.59. The third-order valence-corrected chi connectivity index (χ3v) is 6.11. The number of benzene rings is 2. The number of hydrogen-bond acceptors (Lipinski definition) is 5. The Morgan fingerprint density at radius 1 is 1.03 bits per heavy atom. The SMILES string of the molecule is COc1cc(N2CC(C(=O)Nc3cccc4c3CCCC4)CC2=O)cc(OC)c1OC. The Morgan fingerprint density at radius 2 is 1.74 bits per heavy atom. The molecular weight excluding hydrogens is 396 g/mol. The van der Waals surface area contributed by atoms with Crippen LogP contribution < -0.4 is 24.4 Å². The van der Waals surface area contributed by atoms with Gasteiger partial charge in [0.2, 0.25) is 17.6 Å². The van der Waals surface area contributed by atoms with Gasteiger partial charge in [-0.25, -0.2) is 0 Å². The van der Waals surface area contributed by atoms with E-state index in [-0.39, 0.29) is 18.2 Å². The first-order valence-corrected chi connectivity index (χ1v) is 10.6. The number of methoxy groups -OCH3 is 3. The van der Waals surface area contributed by atoms with E-state index in [0.29, 0.717) is 29.5 Å². The Hall–Kier alpha value is -3.22. The van der Waals surface area contributed by atoms with Crippen molar-refractivity contribution in [2.75, 3.05) is 38.1 Å². The molecule has 31 heavy (non-hydrogen) atoms. The summed E-state index contributed by atoms with van der Waals surface area (Å²) >= 11 is 0. The van der Waals surface area contributed by atoms with E-state index in [9.17, 15) is 9.59 Å². The van der Waals surface area contributed by atoms with Gasteiger partial charge < -0.3 is 24.4 Å². The molecule has 1 saturated heterocycles. The van der Waals surface area contributed by atoms with Gasteiger partial charge in [-0.15, -0.1) is 0 Å². The fourth-order valence-electron chi connectivity index (χ4n) is 4.49. The summed E-state index contributed by atoms with van der Waals surface area (Å²) in [5.41, 5.74) is 4.03. The Kier molecular flexibility index (Phi) is 6.02. The van der Waals surface area contributed by atoms with Crippen molar-refractivity contribution in [3.8, 4) is 17.2 Å². The second-order valence-corrected chi connectivity index (χ2v) is 7.93. The van der Waals surface area contributed by atoms with Crippen LogP contribution in [0.25, 0.3) is 0 Å². The predicted molar refractivity (Wildman–Crippen MR) is 118 cm³/mol. The molecule has 2 aromatic carbocycles. The number of rotatable bonds is 6. The number of ether oxygens (including phenoxy) is 3. The van der Waals surface area contributed by atoms with Gasteiger partial charge in [0, 0.05) is 30.8 Å². The summed E-state index contributed by atoms with van der Waals surface area (Å²) in [5.74, 6) is 0.739. The molecular formula is C24H28N2O5. The summed E-state index contributed by atoms with van der Waals surface area (Å²) in [5, 5.41) is 3.08. The van der Waals surface area contributed by atoms with E-state index in [2.05, 4.69) is 11.4 Å². The van der Waals surface area contributed by atoms with E-state index < -0.39 is 5.92 Å². The molecule has 1 fully saturated rings. The van der Waals surface area contributed by atoms with Gasteiger partial charge in [-0.2, -0.15) is 0 Å². The molecule has 1 unspecified atom stereocenters. The molecule has 1 heterocycles. The van der Waals surface area contributed by atoms with Crippen LogP contribution in [0.2, 0.25) is 0 Å². The Bertz CT molecular complexity index is 978. The molecule has 164 valence electrons. The molecule has 0 radical (unpaired) electrons. The minimum absolute atomic E-state index is 0.107. The molecule has 0 saturated carbocycles. The van der Waals surface area contributed by atoms with Crippen LogP contribution in [-0.2, 0) is 22.4 Å². The van der Waals surface area contributed by atoms with E-state index in [1.807, 2.05) is 12.1 Å². The molecule has 0 bridgehead atoms. The summed E-state index contributed by atoms with van der Waals surface area (Å²) in [6.45, 7) is 0.304. The highest BCUT2D eigenvalue weighted by molar-refractivity contribution is 6.04. The molecule has 1 N–H and O–H groups in total. The van der Waals surface area contributed by atoms with E-state index in [1.54, 1.807) is 17.0 Å². The van der Waals surface area contributed by atoms with Gasteiger partial charge in [-0.3, -0.25) is 9.59 Å². The summed E-state index contributed by atoms with van der Waals surface area (Å²) in [6, 6.07) is 9.53. The van der Waals surface area contributed by atoms with Crippen LogP contribution in [0.5, 0.6) is 17.2 Å². The molecule has 0 spiro atoms. The molecule has 1 aliphatic carbocycles. The number of carbonyl (C=O) groups is 2. The maximum absolute atomic E-state index is 13.0. The van der Waals surface area contributed by atoms with Crippen molar-refractivity contribution in [1.82, 2.24) is 0 Å². The van der Waals surface area contributed by atoms with E-state index >= 15 is 0 Å². The summed E-state index contributed by atoms with van der Waals surface area (Å²) < 4.78 is 16.2. The van der Waals surface area contributed by atoms with Gasteiger partial charge in [0.1, 0.15) is 0 Å². The zero-order valence-corrected chi connectivity index (χ0v) is 18.2. The van der Waals surface area contributed by atoms with Crippen molar-refractivity contribution in [2.45, 2.75) is 32.1 Å². The fourth-order valence-corrected chi connectivity index (χ4v) is 4.49. The number of aryl methyl sites for hydroxylation is 1. The van der Waals surface area contributed by atoms with Crippen LogP contribution in [0.1, 0.15) is 30.4 Å². The van der Waals surface area contributed by atoms with Gasteiger partial charge in [0.05, 0.1) is 32.9 Å². The topological polar surface area (TPSA) is 77.1 Å². The molecule has 2 aliphatic rings. The largest absolute Gasteiger partial charge is 0.493 e. The average molecular weight is 424 g/mol. The first-order valence-electron chi connectivity index (χ1n) is 10.6.